The van der Waals surface area contributed by atoms with Gasteiger partial charge in [0.2, 0.25) is 5.91 Å². The first-order chi connectivity index (χ1) is 8.61. The molecule has 1 aromatic rings. The Morgan fingerprint density at radius 2 is 1.94 bits per heavy atom. The number of hydrogen-bond acceptors (Lipinski definition) is 2. The Morgan fingerprint density at radius 3 is 2.50 bits per heavy atom. The third-order valence-corrected chi connectivity index (χ3v) is 3.68. The van der Waals surface area contributed by atoms with Gasteiger partial charge in [-0.05, 0) is 24.6 Å². The first kappa shape index (κ1) is 13.2. The molecule has 0 unspecified atom stereocenters. The number of carbonyl (C=O) groups excluding carboxylic acids is 1. The molecule has 0 radical (unpaired) electrons. The van der Waals surface area contributed by atoms with E-state index < -0.39 is 0 Å². The van der Waals surface area contributed by atoms with Gasteiger partial charge in [0, 0.05) is 32.6 Å². The van der Waals surface area contributed by atoms with E-state index in [1.54, 1.807) is 0 Å². The molecule has 1 aliphatic heterocycles. The average Bonchev–Trinajstić information content (AvgIpc) is 2.38. The maximum Gasteiger partial charge on any atom is 0.222 e. The zero-order chi connectivity index (χ0) is 13.1. The second-order valence-electron chi connectivity index (χ2n) is 4.68. The van der Waals surface area contributed by atoms with Crippen LogP contribution in [0.15, 0.2) is 18.2 Å². The first-order valence-corrected chi connectivity index (χ1v) is 6.78. The van der Waals surface area contributed by atoms with Gasteiger partial charge in [0.1, 0.15) is 0 Å². The predicted octanol–water partition coefficient (Wildman–Crippen LogP) is 2.71. The van der Waals surface area contributed by atoms with Crippen LogP contribution < -0.4 is 4.90 Å². The van der Waals surface area contributed by atoms with Crippen molar-refractivity contribution in [3.63, 3.8) is 0 Å². The van der Waals surface area contributed by atoms with E-state index in [-0.39, 0.29) is 5.91 Å². The summed E-state index contributed by atoms with van der Waals surface area (Å²) >= 11 is 6.27. The van der Waals surface area contributed by atoms with E-state index in [0.717, 1.165) is 36.9 Å². The van der Waals surface area contributed by atoms with Gasteiger partial charge in [-0.3, -0.25) is 4.79 Å². The lowest BCUT2D eigenvalue weighted by Gasteiger charge is -2.36. The van der Waals surface area contributed by atoms with Gasteiger partial charge in [0.25, 0.3) is 0 Å². The van der Waals surface area contributed by atoms with E-state index in [9.17, 15) is 4.79 Å². The number of rotatable bonds is 2. The van der Waals surface area contributed by atoms with Crippen LogP contribution in [-0.4, -0.2) is 37.0 Å². The van der Waals surface area contributed by atoms with Crippen molar-refractivity contribution in [2.45, 2.75) is 20.3 Å². The Bertz CT molecular complexity index is 439. The van der Waals surface area contributed by atoms with E-state index in [4.69, 9.17) is 11.6 Å². The van der Waals surface area contributed by atoms with Crippen molar-refractivity contribution in [1.82, 2.24) is 4.90 Å². The molecule has 1 heterocycles. The number of amides is 1. The first-order valence-electron chi connectivity index (χ1n) is 6.40. The molecule has 0 N–H and O–H groups in total. The molecule has 18 heavy (non-hydrogen) atoms. The molecule has 1 aliphatic rings. The quantitative estimate of drug-likeness (QED) is 0.822. The molecule has 3 nitrogen and oxygen atoms in total. The van der Waals surface area contributed by atoms with Gasteiger partial charge in [-0.15, -0.1) is 0 Å². The Morgan fingerprint density at radius 1 is 1.28 bits per heavy atom. The number of aryl methyl sites for hydroxylation is 1. The lowest BCUT2D eigenvalue weighted by Crippen LogP contribution is -2.48. The number of benzene rings is 1. The van der Waals surface area contributed by atoms with Gasteiger partial charge in [-0.25, -0.2) is 0 Å². The van der Waals surface area contributed by atoms with E-state index in [0.29, 0.717) is 6.42 Å². The Hall–Kier alpha value is -1.22. The SMILES string of the molecule is CCC(=O)N1CCN(c2ccc(C)cc2Cl)CC1. The van der Waals surface area contributed by atoms with Crippen LogP contribution in [-0.2, 0) is 4.79 Å². The number of hydrogen-bond donors (Lipinski definition) is 0. The zero-order valence-corrected chi connectivity index (χ0v) is 11.7. The number of piperazine rings is 1. The minimum absolute atomic E-state index is 0.240. The number of nitrogens with zero attached hydrogens (tertiary/aromatic N) is 2. The summed E-state index contributed by atoms with van der Waals surface area (Å²) in [5.41, 5.74) is 2.24. The highest BCUT2D eigenvalue weighted by atomic mass is 35.5. The third-order valence-electron chi connectivity index (χ3n) is 3.38. The minimum Gasteiger partial charge on any atom is -0.367 e. The maximum atomic E-state index is 11.6. The summed E-state index contributed by atoms with van der Waals surface area (Å²) in [6, 6.07) is 6.13. The standard InChI is InChI=1S/C14H19ClN2O/c1-3-14(18)17-8-6-16(7-9-17)13-5-4-11(2)10-12(13)15/h4-5,10H,3,6-9H2,1-2H3. The van der Waals surface area contributed by atoms with Gasteiger partial charge < -0.3 is 9.80 Å². The van der Waals surface area contributed by atoms with Gasteiger partial charge in [0.15, 0.2) is 0 Å². The zero-order valence-electron chi connectivity index (χ0n) is 10.9. The second-order valence-corrected chi connectivity index (χ2v) is 5.08. The Labute approximate surface area is 113 Å². The van der Waals surface area contributed by atoms with E-state index in [1.807, 2.05) is 24.8 Å². The maximum absolute atomic E-state index is 11.6. The van der Waals surface area contributed by atoms with Crippen molar-refractivity contribution in [1.29, 1.82) is 0 Å². The van der Waals surface area contributed by atoms with Crippen LogP contribution in [0, 0.1) is 6.92 Å². The molecule has 1 saturated heterocycles. The molecule has 0 saturated carbocycles. The molecule has 0 atom stereocenters. The molecule has 1 aromatic carbocycles. The molecule has 2 rings (SSSR count). The Kier molecular flexibility index (Phi) is 4.12. The molecular formula is C14H19ClN2O. The molecule has 0 bridgehead atoms. The lowest BCUT2D eigenvalue weighted by molar-refractivity contribution is -0.131. The summed E-state index contributed by atoms with van der Waals surface area (Å²) in [4.78, 5) is 15.8. The molecule has 0 spiro atoms. The predicted molar refractivity (Wildman–Crippen MR) is 75.3 cm³/mol. The van der Waals surface area contributed by atoms with E-state index in [2.05, 4.69) is 17.0 Å². The van der Waals surface area contributed by atoms with Crippen molar-refractivity contribution in [2.75, 3.05) is 31.1 Å². The van der Waals surface area contributed by atoms with Crippen LogP contribution in [0.5, 0.6) is 0 Å². The second kappa shape index (κ2) is 5.61. The van der Waals surface area contributed by atoms with Gasteiger partial charge in [0.05, 0.1) is 10.7 Å². The summed E-state index contributed by atoms with van der Waals surface area (Å²) in [6.45, 7) is 7.23. The van der Waals surface area contributed by atoms with Crippen LogP contribution >= 0.6 is 11.6 Å². The highest BCUT2D eigenvalue weighted by Gasteiger charge is 2.21. The number of carbonyl (C=O) groups is 1. The summed E-state index contributed by atoms with van der Waals surface area (Å²) in [6.07, 6.45) is 0.589. The van der Waals surface area contributed by atoms with E-state index >= 15 is 0 Å². The average molecular weight is 267 g/mol. The van der Waals surface area contributed by atoms with Crippen molar-refractivity contribution in [2.24, 2.45) is 0 Å². The van der Waals surface area contributed by atoms with Crippen molar-refractivity contribution in [3.05, 3.63) is 28.8 Å². The third kappa shape index (κ3) is 2.78. The topological polar surface area (TPSA) is 23.6 Å². The largest absolute Gasteiger partial charge is 0.367 e. The minimum atomic E-state index is 0.240. The van der Waals surface area contributed by atoms with Crippen molar-refractivity contribution in [3.8, 4) is 0 Å². The molecule has 0 aliphatic carbocycles. The van der Waals surface area contributed by atoms with Crippen molar-refractivity contribution >= 4 is 23.2 Å². The molecular weight excluding hydrogens is 248 g/mol. The monoisotopic (exact) mass is 266 g/mol. The summed E-state index contributed by atoms with van der Waals surface area (Å²) in [5.74, 6) is 0.240. The van der Waals surface area contributed by atoms with Crippen LogP contribution in [0.4, 0.5) is 5.69 Å². The summed E-state index contributed by atoms with van der Waals surface area (Å²) in [5, 5.41) is 0.797. The number of halogens is 1. The smallest absolute Gasteiger partial charge is 0.222 e. The van der Waals surface area contributed by atoms with Crippen LogP contribution in [0.25, 0.3) is 0 Å². The molecule has 98 valence electrons. The highest BCUT2D eigenvalue weighted by Crippen LogP contribution is 2.27. The lowest BCUT2D eigenvalue weighted by atomic mass is 10.2. The molecule has 0 aromatic heterocycles. The van der Waals surface area contributed by atoms with Gasteiger partial charge in [-0.1, -0.05) is 24.6 Å². The fraction of sp³-hybridized carbons (Fsp3) is 0.500. The number of anilines is 1. The van der Waals surface area contributed by atoms with Crippen LogP contribution in [0.3, 0.4) is 0 Å². The molecule has 1 fully saturated rings. The fourth-order valence-corrected chi connectivity index (χ4v) is 2.64. The summed E-state index contributed by atoms with van der Waals surface area (Å²) in [7, 11) is 0. The Balaban J connectivity index is 2.03. The normalized spacial score (nSPS) is 15.9. The van der Waals surface area contributed by atoms with Crippen LogP contribution in [0.2, 0.25) is 5.02 Å². The van der Waals surface area contributed by atoms with E-state index in [1.165, 1.54) is 5.56 Å². The van der Waals surface area contributed by atoms with Gasteiger partial charge >= 0.3 is 0 Å². The van der Waals surface area contributed by atoms with Crippen molar-refractivity contribution < 1.29 is 4.79 Å². The molecule has 1 amide bonds. The van der Waals surface area contributed by atoms with Crippen LogP contribution in [0.1, 0.15) is 18.9 Å². The summed E-state index contributed by atoms with van der Waals surface area (Å²) < 4.78 is 0. The fourth-order valence-electron chi connectivity index (χ4n) is 2.29. The highest BCUT2D eigenvalue weighted by molar-refractivity contribution is 6.33. The van der Waals surface area contributed by atoms with Gasteiger partial charge in [-0.2, -0.15) is 0 Å². The molecule has 4 heteroatoms.